The Hall–Kier alpha value is -1.75. The van der Waals surface area contributed by atoms with Gasteiger partial charge in [-0.15, -0.1) is 12.6 Å². The van der Waals surface area contributed by atoms with Crippen LogP contribution < -0.4 is 0 Å². The van der Waals surface area contributed by atoms with E-state index in [1.54, 1.807) is 19.1 Å². The standard InChI is InChI=1S/C16H16F2N2S/c1-8(2)15(9(3)19)10-6-13-11(14(21)7-10)4-5-12(20-13)16(17)18/h4-7,16,19,21H,1-3H3. The summed E-state index contributed by atoms with van der Waals surface area (Å²) in [4.78, 5) is 4.67. The van der Waals surface area contributed by atoms with Crippen molar-refractivity contribution < 1.29 is 8.78 Å². The molecule has 1 aromatic heterocycles. The number of allylic oxidation sites excluding steroid dienone is 2. The number of alkyl halides is 2. The lowest BCUT2D eigenvalue weighted by molar-refractivity contribution is 0.146. The maximum absolute atomic E-state index is 12.8. The van der Waals surface area contributed by atoms with Crippen LogP contribution in [0.2, 0.25) is 0 Å². The first kappa shape index (κ1) is 15.6. The SMILES string of the molecule is CC(=N)C(=C(C)C)c1cc(S)c2ccc(C(F)F)nc2c1. The Morgan fingerprint density at radius 1 is 1.19 bits per heavy atom. The van der Waals surface area contributed by atoms with Gasteiger partial charge in [-0.25, -0.2) is 13.8 Å². The van der Waals surface area contributed by atoms with E-state index in [1.165, 1.54) is 6.07 Å². The number of halogens is 2. The lowest BCUT2D eigenvalue weighted by Gasteiger charge is -2.12. The van der Waals surface area contributed by atoms with Crippen LogP contribution in [0.3, 0.4) is 0 Å². The maximum atomic E-state index is 12.8. The average molecular weight is 306 g/mol. The van der Waals surface area contributed by atoms with Crippen molar-refractivity contribution in [1.29, 1.82) is 5.41 Å². The van der Waals surface area contributed by atoms with Crippen molar-refractivity contribution in [2.45, 2.75) is 32.1 Å². The van der Waals surface area contributed by atoms with Gasteiger partial charge in [-0.05, 0) is 50.6 Å². The molecule has 0 unspecified atom stereocenters. The minimum atomic E-state index is -2.60. The minimum absolute atomic E-state index is 0.252. The number of rotatable bonds is 3. The summed E-state index contributed by atoms with van der Waals surface area (Å²) >= 11 is 4.42. The number of nitrogens with zero attached hydrogens (tertiary/aromatic N) is 1. The van der Waals surface area contributed by atoms with E-state index < -0.39 is 6.43 Å². The van der Waals surface area contributed by atoms with Crippen molar-refractivity contribution in [1.82, 2.24) is 4.98 Å². The molecule has 0 atom stereocenters. The molecular formula is C16H16F2N2S. The van der Waals surface area contributed by atoms with Crippen molar-refractivity contribution in [3.8, 4) is 0 Å². The summed E-state index contributed by atoms with van der Waals surface area (Å²) in [6.07, 6.45) is -2.60. The highest BCUT2D eigenvalue weighted by Crippen LogP contribution is 2.30. The van der Waals surface area contributed by atoms with Crippen molar-refractivity contribution in [2.24, 2.45) is 0 Å². The predicted molar refractivity (Wildman–Crippen MR) is 85.6 cm³/mol. The van der Waals surface area contributed by atoms with Crippen molar-refractivity contribution in [2.75, 3.05) is 0 Å². The Morgan fingerprint density at radius 2 is 1.86 bits per heavy atom. The molecule has 0 saturated heterocycles. The summed E-state index contributed by atoms with van der Waals surface area (Å²) < 4.78 is 25.6. The Bertz CT molecular complexity index is 747. The van der Waals surface area contributed by atoms with Crippen molar-refractivity contribution in [3.05, 3.63) is 41.1 Å². The predicted octanol–water partition coefficient (Wildman–Crippen LogP) is 5.29. The van der Waals surface area contributed by atoms with Crippen LogP contribution in [0.1, 0.15) is 38.5 Å². The number of fused-ring (bicyclic) bond motifs is 1. The summed E-state index contributed by atoms with van der Waals surface area (Å²) in [6, 6.07) is 6.50. The Morgan fingerprint density at radius 3 is 2.38 bits per heavy atom. The smallest absolute Gasteiger partial charge is 0.280 e. The third-order valence-electron chi connectivity index (χ3n) is 3.19. The van der Waals surface area contributed by atoms with E-state index >= 15 is 0 Å². The monoisotopic (exact) mass is 306 g/mol. The third kappa shape index (κ3) is 3.13. The summed E-state index contributed by atoms with van der Waals surface area (Å²) in [6.45, 7) is 5.53. The van der Waals surface area contributed by atoms with Gasteiger partial charge >= 0.3 is 0 Å². The van der Waals surface area contributed by atoms with Crippen molar-refractivity contribution >= 4 is 34.8 Å². The summed E-state index contributed by atoms with van der Waals surface area (Å²) in [5.74, 6) is 0. The molecular weight excluding hydrogens is 290 g/mol. The molecule has 0 amide bonds. The number of hydrogen-bond donors (Lipinski definition) is 2. The normalized spacial score (nSPS) is 11.0. The Kier molecular flexibility index (Phi) is 4.42. The second kappa shape index (κ2) is 5.93. The van der Waals surface area contributed by atoms with Gasteiger partial charge in [-0.3, -0.25) is 0 Å². The van der Waals surface area contributed by atoms with E-state index in [-0.39, 0.29) is 5.69 Å². The first-order valence-corrected chi connectivity index (χ1v) is 6.91. The number of nitrogens with one attached hydrogen (secondary N) is 1. The first-order valence-electron chi connectivity index (χ1n) is 6.46. The van der Waals surface area contributed by atoms with Crippen molar-refractivity contribution in [3.63, 3.8) is 0 Å². The number of thiol groups is 1. The molecule has 0 aliphatic heterocycles. The van der Waals surface area contributed by atoms with Gasteiger partial charge in [0.25, 0.3) is 6.43 Å². The summed E-state index contributed by atoms with van der Waals surface area (Å²) in [7, 11) is 0. The molecule has 1 heterocycles. The lowest BCUT2D eigenvalue weighted by Crippen LogP contribution is -1.99. The lowest BCUT2D eigenvalue weighted by atomic mass is 9.96. The third-order valence-corrected chi connectivity index (χ3v) is 3.56. The zero-order valence-corrected chi connectivity index (χ0v) is 12.9. The number of aromatic nitrogens is 1. The van der Waals surface area contributed by atoms with E-state index in [1.807, 2.05) is 19.9 Å². The molecule has 0 spiro atoms. The summed E-state index contributed by atoms with van der Waals surface area (Å²) in [5, 5.41) is 8.61. The van der Waals surface area contributed by atoms with Crippen LogP contribution in [0.4, 0.5) is 8.78 Å². The molecule has 0 aliphatic carbocycles. The van der Waals surface area contributed by atoms with Crippen LogP contribution >= 0.6 is 12.6 Å². The Labute approximate surface area is 127 Å². The number of hydrogen-bond acceptors (Lipinski definition) is 3. The Balaban J connectivity index is 2.73. The zero-order valence-electron chi connectivity index (χ0n) is 12.0. The fourth-order valence-electron chi connectivity index (χ4n) is 2.38. The largest absolute Gasteiger partial charge is 0.305 e. The molecule has 2 aromatic rings. The van der Waals surface area contributed by atoms with Gasteiger partial charge in [0.1, 0.15) is 5.69 Å². The van der Waals surface area contributed by atoms with Gasteiger partial charge in [0.2, 0.25) is 0 Å². The van der Waals surface area contributed by atoms with Crippen LogP contribution in [0.15, 0.2) is 34.7 Å². The zero-order chi connectivity index (χ0) is 15.7. The van der Waals surface area contributed by atoms with Gasteiger partial charge in [0.05, 0.1) is 5.52 Å². The number of pyridine rings is 1. The molecule has 5 heteroatoms. The second-order valence-corrected chi connectivity index (χ2v) is 5.58. The molecule has 2 rings (SSSR count). The average Bonchev–Trinajstić information content (AvgIpc) is 2.37. The highest BCUT2D eigenvalue weighted by atomic mass is 32.1. The highest BCUT2D eigenvalue weighted by molar-refractivity contribution is 7.80. The molecule has 0 radical (unpaired) electrons. The minimum Gasteiger partial charge on any atom is -0.305 e. The van der Waals surface area contributed by atoms with Gasteiger partial charge in [0, 0.05) is 21.6 Å². The maximum Gasteiger partial charge on any atom is 0.280 e. The van der Waals surface area contributed by atoms with Gasteiger partial charge in [-0.2, -0.15) is 0 Å². The van der Waals surface area contributed by atoms with E-state index in [0.29, 0.717) is 16.1 Å². The molecule has 1 N–H and O–H groups in total. The van der Waals surface area contributed by atoms with Crippen LogP contribution in [-0.2, 0) is 0 Å². The molecule has 0 bridgehead atoms. The van der Waals surface area contributed by atoms with Gasteiger partial charge in [-0.1, -0.05) is 5.57 Å². The van der Waals surface area contributed by atoms with Crippen LogP contribution in [0, 0.1) is 5.41 Å². The quantitative estimate of drug-likeness (QED) is 0.586. The molecule has 0 fully saturated rings. The molecule has 2 nitrogen and oxygen atoms in total. The van der Waals surface area contributed by atoms with Gasteiger partial charge in [0.15, 0.2) is 0 Å². The van der Waals surface area contributed by atoms with Crippen LogP contribution in [-0.4, -0.2) is 10.7 Å². The topological polar surface area (TPSA) is 36.7 Å². The fourth-order valence-corrected chi connectivity index (χ4v) is 2.71. The van der Waals surface area contributed by atoms with E-state index in [0.717, 1.165) is 22.1 Å². The fraction of sp³-hybridized carbons (Fsp3) is 0.250. The molecule has 21 heavy (non-hydrogen) atoms. The second-order valence-electron chi connectivity index (χ2n) is 5.10. The van der Waals surface area contributed by atoms with Gasteiger partial charge < -0.3 is 5.41 Å². The van der Waals surface area contributed by atoms with Crippen LogP contribution in [0.5, 0.6) is 0 Å². The highest BCUT2D eigenvalue weighted by Gasteiger charge is 2.13. The number of benzene rings is 1. The molecule has 110 valence electrons. The summed E-state index contributed by atoms with van der Waals surface area (Å²) in [5.41, 5.74) is 3.19. The van der Waals surface area contributed by atoms with Crippen LogP contribution in [0.25, 0.3) is 16.5 Å². The van der Waals surface area contributed by atoms with E-state index in [4.69, 9.17) is 5.41 Å². The molecule has 0 saturated carbocycles. The van der Waals surface area contributed by atoms with E-state index in [2.05, 4.69) is 17.6 Å². The molecule has 1 aromatic carbocycles. The molecule has 0 aliphatic rings. The van der Waals surface area contributed by atoms with E-state index in [9.17, 15) is 8.78 Å². The first-order chi connectivity index (χ1) is 9.81.